The van der Waals surface area contributed by atoms with Crippen molar-refractivity contribution in [1.29, 1.82) is 0 Å². The molecule has 19 heavy (non-hydrogen) atoms. The van der Waals surface area contributed by atoms with Crippen molar-refractivity contribution in [3.05, 3.63) is 62.9 Å². The third kappa shape index (κ3) is 2.20. The molecule has 0 spiro atoms. The van der Waals surface area contributed by atoms with Gasteiger partial charge >= 0.3 is 0 Å². The first-order valence-corrected chi connectivity index (χ1v) is 6.82. The number of carbonyl (C=O) groups is 2. The Morgan fingerprint density at radius 2 is 1.79 bits per heavy atom. The fourth-order valence-corrected chi connectivity index (χ4v) is 2.84. The van der Waals surface area contributed by atoms with E-state index in [1.54, 1.807) is 35.7 Å². The number of nitrogens with one attached hydrogen (secondary N) is 1. The molecule has 1 N–H and O–H groups in total. The van der Waals surface area contributed by atoms with E-state index in [4.69, 9.17) is 11.6 Å². The van der Waals surface area contributed by atoms with E-state index in [-0.39, 0.29) is 11.6 Å². The van der Waals surface area contributed by atoms with E-state index in [2.05, 4.69) is 5.32 Å². The Morgan fingerprint density at radius 1 is 1.05 bits per heavy atom. The average Bonchev–Trinajstić information content (AvgIpc) is 2.88. The lowest BCUT2D eigenvalue weighted by molar-refractivity contribution is 0.0989. The summed E-state index contributed by atoms with van der Waals surface area (Å²) >= 11 is 7.08. The minimum atomic E-state index is -0.153. The highest BCUT2D eigenvalue weighted by Crippen LogP contribution is 2.27. The van der Waals surface area contributed by atoms with Crippen molar-refractivity contribution in [3.63, 3.8) is 0 Å². The van der Waals surface area contributed by atoms with Crippen LogP contribution in [-0.4, -0.2) is 11.6 Å². The van der Waals surface area contributed by atoms with Crippen LogP contribution in [-0.2, 0) is 0 Å². The molecule has 0 bridgehead atoms. The van der Waals surface area contributed by atoms with Crippen molar-refractivity contribution >= 4 is 40.2 Å². The summed E-state index contributed by atoms with van der Waals surface area (Å²) in [6.07, 6.45) is 1.34. The maximum atomic E-state index is 12.2. The van der Waals surface area contributed by atoms with Gasteiger partial charge in [-0.2, -0.15) is 0 Å². The zero-order valence-electron chi connectivity index (χ0n) is 9.64. The van der Waals surface area contributed by atoms with Gasteiger partial charge in [0, 0.05) is 22.3 Å². The molecule has 1 aromatic carbocycles. The number of halogens is 1. The lowest BCUT2D eigenvalue weighted by atomic mass is 10.0. The molecule has 0 atom stereocenters. The second kappa shape index (κ2) is 4.64. The third-order valence-corrected chi connectivity index (χ3v) is 3.95. The monoisotopic (exact) mass is 289 g/mol. The third-order valence-electron chi connectivity index (χ3n) is 2.78. The lowest BCUT2D eigenvalue weighted by Crippen LogP contribution is -2.19. The van der Waals surface area contributed by atoms with Gasteiger partial charge < -0.3 is 5.32 Å². The summed E-state index contributed by atoms with van der Waals surface area (Å²) in [5.74, 6) is -0.299. The summed E-state index contributed by atoms with van der Waals surface area (Å²) in [4.78, 5) is 24.5. The predicted molar refractivity (Wildman–Crippen MR) is 76.1 cm³/mol. The van der Waals surface area contributed by atoms with E-state index < -0.39 is 0 Å². The minimum Gasteiger partial charge on any atom is -0.352 e. The van der Waals surface area contributed by atoms with E-state index in [1.165, 1.54) is 17.4 Å². The Hall–Kier alpha value is -1.91. The standard InChI is InChI=1S/C14H8ClNO2S/c15-8-1-3-9(4-2-8)16-11-7-12(17)10-5-6-19-14(10)13(11)18/h1-7,16H. The first-order valence-electron chi connectivity index (χ1n) is 5.56. The minimum absolute atomic E-state index is 0.146. The van der Waals surface area contributed by atoms with Gasteiger partial charge in [0.15, 0.2) is 5.78 Å². The van der Waals surface area contributed by atoms with Crippen LogP contribution in [0.3, 0.4) is 0 Å². The molecule has 3 rings (SSSR count). The van der Waals surface area contributed by atoms with Crippen LogP contribution in [0.2, 0.25) is 5.02 Å². The summed E-state index contributed by atoms with van der Waals surface area (Å²) in [5, 5.41) is 5.32. The predicted octanol–water partition coefficient (Wildman–Crippen LogP) is 3.78. The number of Topliss-reactive ketones (excluding diaryl/α,β-unsaturated/α-hetero) is 1. The molecule has 0 aliphatic heterocycles. The molecule has 0 saturated carbocycles. The number of ketones is 2. The number of fused-ring (bicyclic) bond motifs is 1. The van der Waals surface area contributed by atoms with Crippen molar-refractivity contribution in [2.45, 2.75) is 0 Å². The van der Waals surface area contributed by atoms with E-state index in [0.717, 1.165) is 5.69 Å². The maximum absolute atomic E-state index is 12.2. The number of hydrogen-bond acceptors (Lipinski definition) is 4. The molecular weight excluding hydrogens is 282 g/mol. The van der Waals surface area contributed by atoms with Gasteiger partial charge in [-0.3, -0.25) is 9.59 Å². The number of rotatable bonds is 2. The summed E-state index contributed by atoms with van der Waals surface area (Å²) in [6.45, 7) is 0. The molecule has 1 aromatic heterocycles. The highest BCUT2D eigenvalue weighted by molar-refractivity contribution is 7.12. The molecule has 0 amide bonds. The number of allylic oxidation sites excluding steroid dienone is 2. The summed E-state index contributed by atoms with van der Waals surface area (Å²) in [6, 6.07) is 8.62. The highest BCUT2D eigenvalue weighted by atomic mass is 35.5. The van der Waals surface area contributed by atoms with Crippen molar-refractivity contribution in [2.75, 3.05) is 5.32 Å². The Morgan fingerprint density at radius 3 is 2.53 bits per heavy atom. The van der Waals surface area contributed by atoms with Crippen molar-refractivity contribution in [2.24, 2.45) is 0 Å². The number of anilines is 1. The van der Waals surface area contributed by atoms with Crippen LogP contribution in [0.1, 0.15) is 20.0 Å². The van der Waals surface area contributed by atoms with Gasteiger partial charge in [-0.05, 0) is 35.7 Å². The molecule has 1 aliphatic rings. The van der Waals surface area contributed by atoms with Gasteiger partial charge in [0.2, 0.25) is 5.78 Å². The quantitative estimate of drug-likeness (QED) is 0.915. The zero-order chi connectivity index (χ0) is 13.4. The molecule has 0 fully saturated rings. The van der Waals surface area contributed by atoms with Gasteiger partial charge in [-0.25, -0.2) is 0 Å². The van der Waals surface area contributed by atoms with Crippen LogP contribution in [0.5, 0.6) is 0 Å². The largest absolute Gasteiger partial charge is 0.352 e. The lowest BCUT2D eigenvalue weighted by Gasteiger charge is -2.13. The Kier molecular flexibility index (Phi) is 2.97. The average molecular weight is 290 g/mol. The van der Waals surface area contributed by atoms with E-state index in [1.807, 2.05) is 0 Å². The summed E-state index contributed by atoms with van der Waals surface area (Å²) in [7, 11) is 0. The van der Waals surface area contributed by atoms with Crippen LogP contribution in [0.25, 0.3) is 0 Å². The number of benzene rings is 1. The van der Waals surface area contributed by atoms with Gasteiger partial charge in [-0.15, -0.1) is 11.3 Å². The number of carbonyl (C=O) groups excluding carboxylic acids is 2. The summed E-state index contributed by atoms with van der Waals surface area (Å²) < 4.78 is 0. The molecule has 3 nitrogen and oxygen atoms in total. The van der Waals surface area contributed by atoms with Crippen LogP contribution in [0.15, 0.2) is 47.5 Å². The molecular formula is C14H8ClNO2S. The molecule has 2 aromatic rings. The highest BCUT2D eigenvalue weighted by Gasteiger charge is 2.26. The van der Waals surface area contributed by atoms with Crippen LogP contribution >= 0.6 is 22.9 Å². The number of hydrogen-bond donors (Lipinski definition) is 1. The van der Waals surface area contributed by atoms with Crippen LogP contribution in [0, 0.1) is 0 Å². The second-order valence-corrected chi connectivity index (χ2v) is 5.40. The first-order chi connectivity index (χ1) is 9.15. The fourth-order valence-electron chi connectivity index (χ4n) is 1.86. The molecule has 5 heteroatoms. The zero-order valence-corrected chi connectivity index (χ0v) is 11.2. The van der Waals surface area contributed by atoms with Gasteiger partial charge in [0.05, 0.1) is 10.6 Å². The SMILES string of the molecule is O=C1C=C(Nc2ccc(Cl)cc2)C(=O)c2sccc21. The second-order valence-electron chi connectivity index (χ2n) is 4.05. The molecule has 0 saturated heterocycles. The van der Waals surface area contributed by atoms with Crippen molar-refractivity contribution in [1.82, 2.24) is 0 Å². The molecule has 1 aliphatic carbocycles. The molecule has 0 unspecified atom stereocenters. The molecule has 94 valence electrons. The van der Waals surface area contributed by atoms with Crippen molar-refractivity contribution < 1.29 is 9.59 Å². The smallest absolute Gasteiger partial charge is 0.219 e. The Bertz CT molecular complexity index is 700. The Labute approximate surface area is 118 Å². The van der Waals surface area contributed by atoms with Gasteiger partial charge in [-0.1, -0.05) is 11.6 Å². The molecule has 0 radical (unpaired) electrons. The van der Waals surface area contributed by atoms with E-state index >= 15 is 0 Å². The van der Waals surface area contributed by atoms with Crippen molar-refractivity contribution in [3.8, 4) is 0 Å². The van der Waals surface area contributed by atoms with Crippen LogP contribution < -0.4 is 5.32 Å². The van der Waals surface area contributed by atoms with E-state index in [0.29, 0.717) is 21.2 Å². The maximum Gasteiger partial charge on any atom is 0.219 e. The summed E-state index contributed by atoms with van der Waals surface area (Å²) in [5.41, 5.74) is 1.50. The number of thiophene rings is 1. The molecule has 1 heterocycles. The fraction of sp³-hybridized carbons (Fsp3) is 0. The Balaban J connectivity index is 1.92. The van der Waals surface area contributed by atoms with E-state index in [9.17, 15) is 9.59 Å². The van der Waals surface area contributed by atoms with Crippen LogP contribution in [0.4, 0.5) is 5.69 Å². The van der Waals surface area contributed by atoms with Gasteiger partial charge in [0.1, 0.15) is 0 Å². The first kappa shape index (κ1) is 12.1. The van der Waals surface area contributed by atoms with Gasteiger partial charge in [0.25, 0.3) is 0 Å². The normalized spacial score (nSPS) is 14.1. The topological polar surface area (TPSA) is 46.2 Å².